The second-order valence-electron chi connectivity index (χ2n) is 4.81. The standard InChI is InChI=1S/C12H21N5O3/c1-3-4-5-6-7-12(8-14-16-10(13)19)9(18)17(2)11(20)15-12/h8H,3-7H2,1-2H3,(H,15,20)(H3,13,16,19)/b14-8+/t12-/m0/s1. The average molecular weight is 283 g/mol. The minimum absolute atomic E-state index is 0.381. The van der Waals surface area contributed by atoms with Crippen LogP contribution in [0.2, 0.25) is 0 Å². The van der Waals surface area contributed by atoms with Crippen LogP contribution >= 0.6 is 0 Å². The molecule has 1 saturated heterocycles. The Morgan fingerprint density at radius 2 is 2.15 bits per heavy atom. The minimum Gasteiger partial charge on any atom is -0.350 e. The molecule has 1 atom stereocenters. The highest BCUT2D eigenvalue weighted by Gasteiger charge is 2.48. The van der Waals surface area contributed by atoms with Crippen LogP contribution in [0.25, 0.3) is 0 Å². The summed E-state index contributed by atoms with van der Waals surface area (Å²) in [4.78, 5) is 35.4. The lowest BCUT2D eigenvalue weighted by molar-refractivity contribution is -0.128. The smallest absolute Gasteiger partial charge is 0.332 e. The van der Waals surface area contributed by atoms with Crippen LogP contribution in [0.4, 0.5) is 9.59 Å². The number of amides is 5. The van der Waals surface area contributed by atoms with Gasteiger partial charge in [-0.1, -0.05) is 32.6 Å². The van der Waals surface area contributed by atoms with Gasteiger partial charge in [0.25, 0.3) is 5.91 Å². The van der Waals surface area contributed by atoms with Gasteiger partial charge in [0.1, 0.15) is 0 Å². The predicted octanol–water partition coefficient (Wildman–Crippen LogP) is 0.531. The van der Waals surface area contributed by atoms with Crippen molar-refractivity contribution >= 4 is 24.2 Å². The third-order valence-electron chi connectivity index (χ3n) is 3.21. The summed E-state index contributed by atoms with van der Waals surface area (Å²) in [7, 11) is 1.40. The van der Waals surface area contributed by atoms with Crippen LogP contribution in [0.3, 0.4) is 0 Å². The third-order valence-corrected chi connectivity index (χ3v) is 3.21. The molecule has 0 aromatic carbocycles. The van der Waals surface area contributed by atoms with Crippen LogP contribution in [0.5, 0.6) is 0 Å². The van der Waals surface area contributed by atoms with E-state index in [2.05, 4.69) is 17.3 Å². The molecule has 0 spiro atoms. The first-order chi connectivity index (χ1) is 9.43. The van der Waals surface area contributed by atoms with Crippen LogP contribution in [0, 0.1) is 0 Å². The molecule has 4 N–H and O–H groups in total. The number of carbonyl (C=O) groups is 3. The number of urea groups is 2. The molecule has 1 rings (SSSR count). The lowest BCUT2D eigenvalue weighted by Gasteiger charge is -2.21. The molecule has 0 aromatic rings. The number of nitrogens with one attached hydrogen (secondary N) is 2. The van der Waals surface area contributed by atoms with E-state index in [0.29, 0.717) is 6.42 Å². The Morgan fingerprint density at radius 3 is 2.65 bits per heavy atom. The Kier molecular flexibility index (Phi) is 5.48. The van der Waals surface area contributed by atoms with Gasteiger partial charge in [-0.25, -0.2) is 15.0 Å². The number of primary amides is 1. The van der Waals surface area contributed by atoms with Crippen molar-refractivity contribution in [1.29, 1.82) is 0 Å². The first-order valence-electron chi connectivity index (χ1n) is 6.63. The monoisotopic (exact) mass is 283 g/mol. The summed E-state index contributed by atoms with van der Waals surface area (Å²) in [5, 5.41) is 6.25. The fourth-order valence-corrected chi connectivity index (χ4v) is 2.08. The van der Waals surface area contributed by atoms with Crippen molar-refractivity contribution in [2.24, 2.45) is 10.8 Å². The number of imide groups is 1. The van der Waals surface area contributed by atoms with Gasteiger partial charge in [-0.15, -0.1) is 0 Å². The molecular weight excluding hydrogens is 262 g/mol. The van der Waals surface area contributed by atoms with Gasteiger partial charge < -0.3 is 11.1 Å². The van der Waals surface area contributed by atoms with Crippen molar-refractivity contribution in [3.05, 3.63) is 0 Å². The van der Waals surface area contributed by atoms with Crippen molar-refractivity contribution in [3.8, 4) is 0 Å². The highest BCUT2D eigenvalue weighted by Crippen LogP contribution is 2.22. The van der Waals surface area contributed by atoms with E-state index >= 15 is 0 Å². The fourth-order valence-electron chi connectivity index (χ4n) is 2.08. The molecule has 20 heavy (non-hydrogen) atoms. The maximum atomic E-state index is 12.2. The SMILES string of the molecule is CCCCCC[C@@]1(/C=N/NC(N)=O)NC(=O)N(C)C1=O. The van der Waals surface area contributed by atoms with Crippen LogP contribution in [0.1, 0.15) is 39.0 Å². The molecule has 0 aliphatic carbocycles. The number of nitrogens with zero attached hydrogens (tertiary/aromatic N) is 2. The largest absolute Gasteiger partial charge is 0.350 e. The van der Waals surface area contributed by atoms with E-state index in [4.69, 9.17) is 5.73 Å². The maximum absolute atomic E-state index is 12.2. The molecular formula is C12H21N5O3. The summed E-state index contributed by atoms with van der Waals surface area (Å²) in [6, 6.07) is -1.30. The van der Waals surface area contributed by atoms with Crippen molar-refractivity contribution in [2.75, 3.05) is 7.05 Å². The topological polar surface area (TPSA) is 117 Å². The summed E-state index contributed by atoms with van der Waals surface area (Å²) in [5.74, 6) is -0.381. The Morgan fingerprint density at radius 1 is 1.45 bits per heavy atom. The van der Waals surface area contributed by atoms with Gasteiger partial charge in [-0.2, -0.15) is 5.10 Å². The minimum atomic E-state index is -1.19. The lowest BCUT2D eigenvalue weighted by Crippen LogP contribution is -2.49. The molecule has 1 fully saturated rings. The zero-order chi connectivity index (χ0) is 15.2. The number of hydrogen-bond donors (Lipinski definition) is 3. The third kappa shape index (κ3) is 3.69. The molecule has 0 bridgehead atoms. The average Bonchev–Trinajstić information content (AvgIpc) is 2.60. The molecule has 0 unspecified atom stereocenters. The number of carbonyl (C=O) groups excluding carboxylic acids is 3. The Labute approximate surface area is 117 Å². The van der Waals surface area contributed by atoms with Gasteiger partial charge in [0, 0.05) is 7.05 Å². The summed E-state index contributed by atoms with van der Waals surface area (Å²) in [6.07, 6.45) is 5.55. The van der Waals surface area contributed by atoms with Crippen molar-refractivity contribution in [2.45, 2.75) is 44.6 Å². The number of unbranched alkanes of at least 4 members (excludes halogenated alkanes) is 3. The van der Waals surface area contributed by atoms with E-state index in [9.17, 15) is 14.4 Å². The van der Waals surface area contributed by atoms with Gasteiger partial charge in [0.2, 0.25) is 0 Å². The van der Waals surface area contributed by atoms with Crippen LogP contribution in [-0.4, -0.2) is 41.7 Å². The molecule has 5 amide bonds. The number of rotatable bonds is 7. The van der Waals surface area contributed by atoms with Crippen molar-refractivity contribution < 1.29 is 14.4 Å². The molecule has 1 aliphatic heterocycles. The van der Waals surface area contributed by atoms with E-state index in [1.165, 1.54) is 13.3 Å². The van der Waals surface area contributed by atoms with Crippen LogP contribution in [-0.2, 0) is 4.79 Å². The van der Waals surface area contributed by atoms with Gasteiger partial charge >= 0.3 is 12.1 Å². The normalized spacial score (nSPS) is 22.4. The predicted molar refractivity (Wildman–Crippen MR) is 74.0 cm³/mol. The summed E-state index contributed by atoms with van der Waals surface area (Å²) >= 11 is 0. The molecule has 112 valence electrons. The van der Waals surface area contributed by atoms with Gasteiger partial charge in [0.05, 0.1) is 6.21 Å². The molecule has 8 nitrogen and oxygen atoms in total. The summed E-state index contributed by atoms with van der Waals surface area (Å²) in [5.41, 5.74) is 5.75. The van der Waals surface area contributed by atoms with Gasteiger partial charge in [-0.3, -0.25) is 9.69 Å². The zero-order valence-electron chi connectivity index (χ0n) is 11.8. The Hall–Kier alpha value is -2.12. The molecule has 8 heteroatoms. The van der Waals surface area contributed by atoms with E-state index < -0.39 is 17.6 Å². The second-order valence-corrected chi connectivity index (χ2v) is 4.81. The number of hydrogen-bond acceptors (Lipinski definition) is 4. The highest BCUT2D eigenvalue weighted by molar-refractivity contribution is 6.16. The molecule has 1 heterocycles. The fraction of sp³-hybridized carbons (Fsp3) is 0.667. The van der Waals surface area contributed by atoms with Crippen molar-refractivity contribution in [1.82, 2.24) is 15.6 Å². The molecule has 0 aromatic heterocycles. The molecule has 0 radical (unpaired) electrons. The number of nitrogens with two attached hydrogens (primary N) is 1. The van der Waals surface area contributed by atoms with Crippen LogP contribution < -0.4 is 16.5 Å². The van der Waals surface area contributed by atoms with E-state index in [0.717, 1.165) is 30.6 Å². The first-order valence-corrected chi connectivity index (χ1v) is 6.63. The lowest BCUT2D eigenvalue weighted by atomic mass is 9.93. The van der Waals surface area contributed by atoms with Crippen molar-refractivity contribution in [3.63, 3.8) is 0 Å². The summed E-state index contributed by atoms with van der Waals surface area (Å²) < 4.78 is 0. The van der Waals surface area contributed by atoms with E-state index in [-0.39, 0.29) is 5.91 Å². The molecule has 1 aliphatic rings. The number of likely N-dealkylation sites (N-methyl/N-ethyl adjacent to an activating group) is 1. The Balaban J connectivity index is 2.78. The highest BCUT2D eigenvalue weighted by atomic mass is 16.2. The van der Waals surface area contributed by atoms with E-state index in [1.807, 2.05) is 5.43 Å². The van der Waals surface area contributed by atoms with Gasteiger partial charge in [0.15, 0.2) is 5.54 Å². The zero-order valence-corrected chi connectivity index (χ0v) is 11.8. The number of hydrazone groups is 1. The second kappa shape index (κ2) is 6.88. The van der Waals surface area contributed by atoms with E-state index in [1.54, 1.807) is 0 Å². The molecule has 0 saturated carbocycles. The maximum Gasteiger partial charge on any atom is 0.332 e. The Bertz CT molecular complexity index is 423. The van der Waals surface area contributed by atoms with Crippen LogP contribution in [0.15, 0.2) is 5.10 Å². The quantitative estimate of drug-likeness (QED) is 0.274. The summed E-state index contributed by atoms with van der Waals surface area (Å²) in [6.45, 7) is 2.09. The van der Waals surface area contributed by atoms with Gasteiger partial charge in [-0.05, 0) is 6.42 Å². The first kappa shape index (κ1) is 15.9.